The molecule has 3 aromatic carbocycles. The van der Waals surface area contributed by atoms with Gasteiger partial charge in [0.15, 0.2) is 6.29 Å². The lowest BCUT2D eigenvalue weighted by Gasteiger charge is -2.15. The van der Waals surface area contributed by atoms with Gasteiger partial charge in [-0.25, -0.2) is 4.39 Å². The summed E-state index contributed by atoms with van der Waals surface area (Å²) in [7, 11) is 0. The average molecular weight is 591 g/mol. The van der Waals surface area contributed by atoms with E-state index in [4.69, 9.17) is 9.15 Å². The van der Waals surface area contributed by atoms with Crippen LogP contribution in [0.3, 0.4) is 0 Å². The maximum absolute atomic E-state index is 13.5. The number of hydrogen-bond donors (Lipinski definition) is 1. The fourth-order valence-electron chi connectivity index (χ4n) is 4.47. The number of nitrogens with zero attached hydrogens (tertiary/aromatic N) is 1. The predicted octanol–water partition coefficient (Wildman–Crippen LogP) is 8.10. The second-order valence-electron chi connectivity index (χ2n) is 10.3. The Labute approximate surface area is 244 Å². The molecular formula is C33H26F4N2O4. The van der Waals surface area contributed by atoms with E-state index in [9.17, 15) is 27.2 Å². The molecule has 0 bridgehead atoms. The van der Waals surface area contributed by atoms with Gasteiger partial charge in [0.05, 0.1) is 16.8 Å². The molecule has 0 aliphatic rings. The molecule has 6 nitrogen and oxygen atoms in total. The molecule has 0 spiro atoms. The van der Waals surface area contributed by atoms with Gasteiger partial charge in [0, 0.05) is 34.8 Å². The van der Waals surface area contributed by atoms with Gasteiger partial charge in [0.1, 0.15) is 29.5 Å². The van der Waals surface area contributed by atoms with E-state index in [1.165, 1.54) is 30.3 Å². The van der Waals surface area contributed by atoms with E-state index in [0.29, 0.717) is 51.8 Å². The van der Waals surface area contributed by atoms with Crippen molar-refractivity contribution in [2.75, 3.05) is 6.54 Å². The van der Waals surface area contributed by atoms with Gasteiger partial charge in [-0.05, 0) is 78.2 Å². The number of amides is 1. The SMILES string of the molecule is CC(C)CNC(=O)c1ccc(OCc2ccc(C(F)(F)F)cn2)c(-c2ccc3oc(-c4ccc(F)cc4)c(C=O)c3c2)c1. The Morgan fingerprint density at radius 2 is 1.74 bits per heavy atom. The van der Waals surface area contributed by atoms with Crippen molar-refractivity contribution in [2.45, 2.75) is 26.6 Å². The van der Waals surface area contributed by atoms with Crippen LogP contribution in [-0.4, -0.2) is 23.7 Å². The van der Waals surface area contributed by atoms with Gasteiger partial charge in [0.2, 0.25) is 0 Å². The number of nitrogens with one attached hydrogen (secondary N) is 1. The Morgan fingerprint density at radius 1 is 1.00 bits per heavy atom. The molecule has 1 amide bonds. The topological polar surface area (TPSA) is 81.4 Å². The highest BCUT2D eigenvalue weighted by atomic mass is 19.4. The van der Waals surface area contributed by atoms with Gasteiger partial charge in [0.25, 0.3) is 5.91 Å². The zero-order valence-corrected chi connectivity index (χ0v) is 23.2. The summed E-state index contributed by atoms with van der Waals surface area (Å²) < 4.78 is 64.3. The van der Waals surface area contributed by atoms with Gasteiger partial charge in [-0.3, -0.25) is 14.6 Å². The third kappa shape index (κ3) is 6.58. The molecule has 0 atom stereocenters. The lowest BCUT2D eigenvalue weighted by atomic mass is 9.98. The van der Waals surface area contributed by atoms with Crippen molar-refractivity contribution in [2.24, 2.45) is 5.92 Å². The first-order valence-electron chi connectivity index (χ1n) is 13.4. The molecule has 43 heavy (non-hydrogen) atoms. The van der Waals surface area contributed by atoms with E-state index in [1.807, 2.05) is 13.8 Å². The minimum atomic E-state index is -4.51. The molecule has 0 aliphatic carbocycles. The quantitative estimate of drug-likeness (QED) is 0.139. The monoisotopic (exact) mass is 590 g/mol. The zero-order valence-electron chi connectivity index (χ0n) is 23.2. The highest BCUT2D eigenvalue weighted by Crippen LogP contribution is 2.38. The lowest BCUT2D eigenvalue weighted by Crippen LogP contribution is -2.27. The van der Waals surface area contributed by atoms with E-state index >= 15 is 0 Å². The van der Waals surface area contributed by atoms with Crippen LogP contribution in [0.25, 0.3) is 33.4 Å². The van der Waals surface area contributed by atoms with Crippen LogP contribution in [0.5, 0.6) is 5.75 Å². The summed E-state index contributed by atoms with van der Waals surface area (Å²) in [5, 5.41) is 3.37. The number of ether oxygens (including phenoxy) is 1. The largest absolute Gasteiger partial charge is 0.487 e. The van der Waals surface area contributed by atoms with E-state index in [1.54, 1.807) is 36.4 Å². The van der Waals surface area contributed by atoms with E-state index in [0.717, 1.165) is 12.3 Å². The molecule has 2 aromatic heterocycles. The first-order chi connectivity index (χ1) is 20.5. The Balaban J connectivity index is 1.54. The Morgan fingerprint density at radius 3 is 2.40 bits per heavy atom. The Hall–Kier alpha value is -4.99. The van der Waals surface area contributed by atoms with Crippen molar-refractivity contribution in [3.05, 3.63) is 107 Å². The van der Waals surface area contributed by atoms with Crippen LogP contribution in [0.4, 0.5) is 17.6 Å². The van der Waals surface area contributed by atoms with Crippen LogP contribution in [0.1, 0.15) is 45.8 Å². The Bertz CT molecular complexity index is 1780. The van der Waals surface area contributed by atoms with E-state index in [-0.39, 0.29) is 35.4 Å². The number of aldehydes is 1. The van der Waals surface area contributed by atoms with Gasteiger partial charge in [-0.1, -0.05) is 19.9 Å². The number of pyridine rings is 1. The van der Waals surface area contributed by atoms with Crippen molar-refractivity contribution < 1.29 is 36.3 Å². The molecule has 0 saturated carbocycles. The first kappa shape index (κ1) is 29.5. The molecule has 0 aliphatic heterocycles. The van der Waals surface area contributed by atoms with Gasteiger partial charge < -0.3 is 14.5 Å². The van der Waals surface area contributed by atoms with Crippen molar-refractivity contribution in [3.8, 4) is 28.2 Å². The Kier molecular flexibility index (Phi) is 8.29. The number of rotatable bonds is 9. The minimum Gasteiger partial charge on any atom is -0.487 e. The number of alkyl halides is 3. The molecule has 5 rings (SSSR count). The average Bonchev–Trinajstić information content (AvgIpc) is 3.36. The lowest BCUT2D eigenvalue weighted by molar-refractivity contribution is -0.137. The number of fused-ring (bicyclic) bond motifs is 1. The van der Waals surface area contributed by atoms with Gasteiger partial charge in [-0.15, -0.1) is 0 Å². The second kappa shape index (κ2) is 12.1. The van der Waals surface area contributed by atoms with Crippen LogP contribution < -0.4 is 10.1 Å². The standard InChI is InChI=1S/C33H26F4N2O4/c1-19(2)15-39-32(41)22-6-11-29(42-18-25-10-7-23(16-38-25)33(35,36)37)26(14-22)21-5-12-30-27(13-21)28(17-40)31(43-30)20-3-8-24(34)9-4-20/h3-14,16-17,19H,15,18H2,1-2H3,(H,39,41). The zero-order chi connectivity index (χ0) is 30.7. The third-order valence-corrected chi connectivity index (χ3v) is 6.70. The highest BCUT2D eigenvalue weighted by molar-refractivity contribution is 6.04. The fourth-order valence-corrected chi connectivity index (χ4v) is 4.47. The van der Waals surface area contributed by atoms with E-state index in [2.05, 4.69) is 10.3 Å². The van der Waals surface area contributed by atoms with Crippen molar-refractivity contribution in [1.82, 2.24) is 10.3 Å². The molecule has 220 valence electrons. The summed E-state index contributed by atoms with van der Waals surface area (Å²) >= 11 is 0. The van der Waals surface area contributed by atoms with Crippen LogP contribution in [0.2, 0.25) is 0 Å². The molecule has 5 aromatic rings. The molecule has 2 heterocycles. The molecule has 0 radical (unpaired) electrons. The summed E-state index contributed by atoms with van der Waals surface area (Å²) in [5.41, 5.74) is 2.09. The third-order valence-electron chi connectivity index (χ3n) is 6.70. The minimum absolute atomic E-state index is 0.133. The molecule has 0 fully saturated rings. The molecule has 0 saturated heterocycles. The second-order valence-corrected chi connectivity index (χ2v) is 10.3. The number of benzene rings is 3. The summed E-state index contributed by atoms with van der Waals surface area (Å²) in [4.78, 5) is 28.9. The summed E-state index contributed by atoms with van der Waals surface area (Å²) in [6.45, 7) is 4.29. The van der Waals surface area contributed by atoms with Crippen LogP contribution >= 0.6 is 0 Å². The summed E-state index contributed by atoms with van der Waals surface area (Å²) in [6, 6.07) is 17.7. The maximum atomic E-state index is 13.5. The maximum Gasteiger partial charge on any atom is 0.417 e. The number of halogens is 4. The highest BCUT2D eigenvalue weighted by Gasteiger charge is 2.30. The fraction of sp³-hybridized carbons (Fsp3) is 0.182. The number of hydrogen-bond acceptors (Lipinski definition) is 5. The number of aromatic nitrogens is 1. The number of carbonyl (C=O) groups is 2. The van der Waals surface area contributed by atoms with E-state index < -0.39 is 17.6 Å². The van der Waals surface area contributed by atoms with Gasteiger partial charge >= 0.3 is 6.18 Å². The molecule has 0 unspecified atom stereocenters. The normalized spacial score (nSPS) is 11.6. The van der Waals surface area contributed by atoms with Crippen LogP contribution in [-0.2, 0) is 12.8 Å². The molecule has 1 N–H and O–H groups in total. The summed E-state index contributed by atoms with van der Waals surface area (Å²) in [6.07, 6.45) is -3.10. The molecular weight excluding hydrogens is 564 g/mol. The van der Waals surface area contributed by atoms with Crippen molar-refractivity contribution >= 4 is 23.2 Å². The smallest absolute Gasteiger partial charge is 0.417 e. The van der Waals surface area contributed by atoms with Gasteiger partial charge in [-0.2, -0.15) is 13.2 Å². The molecule has 10 heteroatoms. The van der Waals surface area contributed by atoms with Crippen molar-refractivity contribution in [3.63, 3.8) is 0 Å². The van der Waals surface area contributed by atoms with Crippen LogP contribution in [0, 0.1) is 11.7 Å². The predicted molar refractivity (Wildman–Crippen MR) is 153 cm³/mol. The first-order valence-corrected chi connectivity index (χ1v) is 13.4. The van der Waals surface area contributed by atoms with Crippen LogP contribution in [0.15, 0.2) is 83.4 Å². The van der Waals surface area contributed by atoms with Crippen molar-refractivity contribution in [1.29, 1.82) is 0 Å². The summed E-state index contributed by atoms with van der Waals surface area (Å²) in [5.74, 6) is 0.154. The number of furan rings is 1. The number of carbonyl (C=O) groups excluding carboxylic acids is 2.